The van der Waals surface area contributed by atoms with Crippen molar-refractivity contribution in [3.8, 4) is 22.5 Å². The number of nitrogens with one attached hydrogen (secondary N) is 2. The topological polar surface area (TPSA) is 154 Å². The number of carbonyl (C=O) groups is 4. The minimum absolute atomic E-state index is 0.00942. The highest BCUT2D eigenvalue weighted by molar-refractivity contribution is 7.10. The molecule has 1 unspecified atom stereocenters. The smallest absolute Gasteiger partial charge is 0.324 e. The number of benzene rings is 2. The summed E-state index contributed by atoms with van der Waals surface area (Å²) in [5, 5.41) is 8.25. The summed E-state index contributed by atoms with van der Waals surface area (Å²) in [5.41, 5.74) is 10.5. The van der Waals surface area contributed by atoms with Crippen LogP contribution in [0.25, 0.3) is 33.4 Å². The van der Waals surface area contributed by atoms with Crippen LogP contribution in [0.4, 0.5) is 4.79 Å². The van der Waals surface area contributed by atoms with Gasteiger partial charge in [-0.25, -0.2) is 15.2 Å². The Hall–Kier alpha value is -5.68. The number of carbonyl (C=O) groups excluding carboxylic acids is 4. The molecule has 362 valence electrons. The summed E-state index contributed by atoms with van der Waals surface area (Å²) in [6.07, 6.45) is 3.27. The Morgan fingerprint density at radius 1 is 1.06 bits per heavy atom. The Bertz CT molecular complexity index is 2630. The van der Waals surface area contributed by atoms with Gasteiger partial charge in [0.15, 0.2) is 0 Å². The standard InChI is InChI=1S/C52H67N9O6S/c1-10-60-42-21-20-35-26-37(42)38(47(60)36-18-14-22-53-45(36)33(4)66-9)28-52(5,6)31-67-50(64)39-19-15-23-61(56-39)49(63)40(27-44-54-41(35)30-68-44)55-48(62)46(32(2)3)58(8)51(65)59-25-24-57(7)43(29-59)34-16-12-11-13-17-34/h11-14,16-18,20-22,26,30,32-33,39-40,43,46,56H,10,15,19,23-25,27-29,31H2,1-9H3,(H,55,62)/t33-,39-,40-,43-,46?/m0/s1. The molecule has 6 heterocycles. The largest absolute Gasteiger partial charge is 0.464 e. The van der Waals surface area contributed by atoms with E-state index in [0.717, 1.165) is 50.2 Å². The van der Waals surface area contributed by atoms with Crippen molar-refractivity contribution in [2.45, 2.75) is 104 Å². The average molecular weight is 946 g/mol. The summed E-state index contributed by atoms with van der Waals surface area (Å²) in [6.45, 7) is 15.0. The molecule has 0 aliphatic carbocycles. The third-order valence-electron chi connectivity index (χ3n) is 13.9. The summed E-state index contributed by atoms with van der Waals surface area (Å²) in [7, 11) is 5.42. The molecule has 0 saturated carbocycles. The number of methoxy groups -OCH3 is 1. The second-order valence-corrected chi connectivity index (χ2v) is 20.6. The van der Waals surface area contributed by atoms with Crippen LogP contribution in [0.5, 0.6) is 0 Å². The molecule has 2 saturated heterocycles. The van der Waals surface area contributed by atoms with Crippen molar-refractivity contribution in [3.63, 3.8) is 0 Å². The maximum atomic E-state index is 14.7. The Morgan fingerprint density at radius 2 is 1.84 bits per heavy atom. The Labute approximate surface area is 404 Å². The van der Waals surface area contributed by atoms with E-state index in [1.165, 1.54) is 21.2 Å². The molecule has 3 aromatic heterocycles. The Morgan fingerprint density at radius 3 is 2.57 bits per heavy atom. The number of aryl methyl sites for hydroxylation is 1. The van der Waals surface area contributed by atoms with Gasteiger partial charge in [-0.3, -0.25) is 29.3 Å². The lowest BCUT2D eigenvalue weighted by Crippen LogP contribution is -2.63. The van der Waals surface area contributed by atoms with E-state index in [-0.39, 0.29) is 37.1 Å². The fourth-order valence-corrected chi connectivity index (χ4v) is 11.0. The third kappa shape index (κ3) is 10.1. The molecule has 3 aliphatic rings. The number of piperazine rings is 1. The first-order valence-electron chi connectivity index (χ1n) is 24.0. The number of nitrogens with zero attached hydrogens (tertiary/aromatic N) is 7. The van der Waals surface area contributed by atoms with Crippen LogP contribution in [0.2, 0.25) is 0 Å². The van der Waals surface area contributed by atoms with Crippen LogP contribution in [0.3, 0.4) is 0 Å². The van der Waals surface area contributed by atoms with Crippen molar-refractivity contribution < 1.29 is 28.7 Å². The number of amides is 4. The number of pyridine rings is 1. The highest BCUT2D eigenvalue weighted by atomic mass is 32.1. The number of rotatable bonds is 9. The number of aromatic nitrogens is 3. The number of esters is 1. The van der Waals surface area contributed by atoms with Gasteiger partial charge >= 0.3 is 12.0 Å². The van der Waals surface area contributed by atoms with Gasteiger partial charge in [0.2, 0.25) is 5.91 Å². The van der Waals surface area contributed by atoms with Gasteiger partial charge in [0.05, 0.1) is 40.8 Å². The molecule has 8 rings (SSSR count). The lowest BCUT2D eigenvalue weighted by Gasteiger charge is -2.42. The number of likely N-dealkylation sites (N-methyl/N-ethyl adjacent to an activating group) is 2. The number of cyclic esters (lactones) is 1. The maximum absolute atomic E-state index is 14.7. The lowest BCUT2D eigenvalue weighted by molar-refractivity contribution is -0.155. The van der Waals surface area contributed by atoms with Gasteiger partial charge in [-0.15, -0.1) is 11.3 Å². The number of fused-ring (bicyclic) bond motifs is 6. The molecule has 0 spiro atoms. The van der Waals surface area contributed by atoms with Crippen LogP contribution in [0.1, 0.15) is 88.4 Å². The molecule has 2 fully saturated rings. The highest BCUT2D eigenvalue weighted by Crippen LogP contribution is 2.42. The van der Waals surface area contributed by atoms with E-state index in [4.69, 9.17) is 19.4 Å². The molecule has 2 N–H and O–H groups in total. The Kier molecular flexibility index (Phi) is 14.7. The monoisotopic (exact) mass is 945 g/mol. The summed E-state index contributed by atoms with van der Waals surface area (Å²) >= 11 is 1.43. The van der Waals surface area contributed by atoms with Crippen molar-refractivity contribution in [2.24, 2.45) is 11.3 Å². The molecule has 15 nitrogen and oxygen atoms in total. The van der Waals surface area contributed by atoms with Crippen LogP contribution < -0.4 is 10.7 Å². The van der Waals surface area contributed by atoms with E-state index >= 15 is 0 Å². The number of thiazole rings is 1. The van der Waals surface area contributed by atoms with E-state index in [1.807, 2.05) is 55.3 Å². The van der Waals surface area contributed by atoms with Gasteiger partial charge in [-0.05, 0) is 81.5 Å². The van der Waals surface area contributed by atoms with Crippen molar-refractivity contribution in [1.82, 2.24) is 45.0 Å². The molecule has 3 aliphatic heterocycles. The first-order valence-corrected chi connectivity index (χ1v) is 24.9. The normalized spacial score (nSPS) is 21.3. The molecule has 6 bridgehead atoms. The van der Waals surface area contributed by atoms with Gasteiger partial charge < -0.3 is 29.2 Å². The van der Waals surface area contributed by atoms with Crippen LogP contribution in [0, 0.1) is 11.3 Å². The summed E-state index contributed by atoms with van der Waals surface area (Å²) in [5.74, 6) is -1.56. The fourth-order valence-electron chi connectivity index (χ4n) is 10.2. The minimum atomic E-state index is -1.06. The zero-order chi connectivity index (χ0) is 48.4. The first-order chi connectivity index (χ1) is 32.6. The van der Waals surface area contributed by atoms with Crippen LogP contribution in [-0.4, -0.2) is 130 Å². The molecular formula is C52H67N9O6S. The minimum Gasteiger partial charge on any atom is -0.464 e. The van der Waals surface area contributed by atoms with E-state index < -0.39 is 41.3 Å². The van der Waals surface area contributed by atoms with Crippen molar-refractivity contribution in [1.29, 1.82) is 0 Å². The summed E-state index contributed by atoms with van der Waals surface area (Å²) in [4.78, 5) is 73.1. The second kappa shape index (κ2) is 20.5. The first kappa shape index (κ1) is 48.8. The average Bonchev–Trinajstić information content (AvgIpc) is 3.93. The molecule has 4 amide bonds. The van der Waals surface area contributed by atoms with Crippen molar-refractivity contribution >= 4 is 46.1 Å². The van der Waals surface area contributed by atoms with Gasteiger partial charge in [0.25, 0.3) is 5.91 Å². The van der Waals surface area contributed by atoms with Crippen LogP contribution in [0.15, 0.2) is 72.2 Å². The zero-order valence-corrected chi connectivity index (χ0v) is 41.8. The number of hydrogen-bond acceptors (Lipinski definition) is 11. The number of hydrazine groups is 1. The van der Waals surface area contributed by atoms with Gasteiger partial charge in [0, 0.05) is 92.3 Å². The zero-order valence-electron chi connectivity index (χ0n) is 41.0. The predicted octanol–water partition coefficient (Wildman–Crippen LogP) is 7.27. The SMILES string of the molecule is CCn1c(-c2cccnc2[C@H](C)OC)c2c3cc(ccc31)-c1csc(n1)C[C@H](NC(=O)C(C(C)C)N(C)C(=O)N1CCN(C)[C@H](c3ccccc3)C1)C(=O)N1CCC[C@H](N1)C(=O)OCC(C)(C)C2. The molecule has 68 heavy (non-hydrogen) atoms. The van der Waals surface area contributed by atoms with Crippen LogP contribution in [-0.2, 0) is 43.2 Å². The molecule has 16 heteroatoms. The van der Waals surface area contributed by atoms with E-state index in [9.17, 15) is 19.2 Å². The number of urea groups is 1. The lowest BCUT2D eigenvalue weighted by atomic mass is 9.84. The Balaban J connectivity index is 1.14. The summed E-state index contributed by atoms with van der Waals surface area (Å²) in [6, 6.07) is 17.7. The van der Waals surface area contributed by atoms with E-state index in [2.05, 4.69) is 84.4 Å². The highest BCUT2D eigenvalue weighted by Gasteiger charge is 2.40. The van der Waals surface area contributed by atoms with Crippen molar-refractivity contribution in [3.05, 3.63) is 94.1 Å². The quantitative estimate of drug-likeness (QED) is 0.144. The summed E-state index contributed by atoms with van der Waals surface area (Å²) < 4.78 is 14.3. The second-order valence-electron chi connectivity index (χ2n) is 19.7. The molecule has 5 atom stereocenters. The molecule has 5 aromatic rings. The van der Waals surface area contributed by atoms with Gasteiger partial charge in [-0.1, -0.05) is 64.1 Å². The fraction of sp³-hybridized carbons (Fsp3) is 0.500. The molecular weight excluding hydrogens is 879 g/mol. The van der Waals surface area contributed by atoms with Crippen LogP contribution >= 0.6 is 11.3 Å². The van der Waals surface area contributed by atoms with E-state index in [1.54, 1.807) is 20.4 Å². The predicted molar refractivity (Wildman–Crippen MR) is 264 cm³/mol. The third-order valence-corrected chi connectivity index (χ3v) is 14.7. The van der Waals surface area contributed by atoms with Gasteiger partial charge in [-0.2, -0.15) is 0 Å². The number of hydrogen-bond donors (Lipinski definition) is 2. The molecule has 2 aromatic carbocycles. The van der Waals surface area contributed by atoms with Gasteiger partial charge in [0.1, 0.15) is 18.1 Å². The van der Waals surface area contributed by atoms with Crippen molar-refractivity contribution in [2.75, 3.05) is 54.0 Å². The number of ether oxygens (including phenoxy) is 2. The van der Waals surface area contributed by atoms with E-state index in [0.29, 0.717) is 57.0 Å². The molecule has 0 radical (unpaired) electrons. The maximum Gasteiger partial charge on any atom is 0.324 e.